The molecule has 0 spiro atoms. The van der Waals surface area contributed by atoms with E-state index in [0.29, 0.717) is 23.2 Å². The lowest BCUT2D eigenvalue weighted by Crippen LogP contribution is -2.20. The Morgan fingerprint density at radius 1 is 1.19 bits per heavy atom. The Balaban J connectivity index is 2.62. The second-order valence-electron chi connectivity index (χ2n) is 5.60. The maximum atomic E-state index is 12.0. The molecule has 3 N–H and O–H groups in total. The van der Waals surface area contributed by atoms with Crippen LogP contribution in [0.1, 0.15) is 44.7 Å². The Bertz CT molecular complexity index is 452. The molecule has 0 aromatic heterocycles. The van der Waals surface area contributed by atoms with Crippen molar-refractivity contribution in [2.45, 2.75) is 51.6 Å². The summed E-state index contributed by atoms with van der Waals surface area (Å²) in [6.07, 6.45) is 1.27. The highest BCUT2D eigenvalue weighted by Gasteiger charge is 2.18. The minimum atomic E-state index is -0.114. The summed E-state index contributed by atoms with van der Waals surface area (Å²) < 4.78 is 0.0926. The number of hydrogen-bond acceptors (Lipinski definition) is 4. The number of nitrogens with one attached hydrogen (secondary N) is 1. The largest absolute Gasteiger partial charge is 0.392 e. The average Bonchev–Trinajstić information content (AvgIpc) is 2.44. The van der Waals surface area contributed by atoms with Crippen molar-refractivity contribution in [1.29, 1.82) is 0 Å². The zero-order valence-corrected chi connectivity index (χ0v) is 13.8. The lowest BCUT2D eigenvalue weighted by molar-refractivity contribution is -0.116. The first-order chi connectivity index (χ1) is 9.90. The quantitative estimate of drug-likeness (QED) is 0.690. The van der Waals surface area contributed by atoms with Crippen LogP contribution in [0, 0.1) is 0 Å². The van der Waals surface area contributed by atoms with Crippen LogP contribution in [0.4, 0.5) is 5.69 Å². The molecule has 1 rings (SSSR count). The summed E-state index contributed by atoms with van der Waals surface area (Å²) in [5, 5.41) is 21.2. The Kier molecular flexibility index (Phi) is 7.22. The molecule has 0 heterocycles. The Morgan fingerprint density at radius 3 is 2.24 bits per heavy atom. The SMILES string of the molecule is CCSC(C)(C)CCC(=O)Nc1cc(CO)cc(CO)c1. The Morgan fingerprint density at radius 2 is 1.76 bits per heavy atom. The molecule has 0 radical (unpaired) electrons. The first kappa shape index (κ1) is 18.0. The smallest absolute Gasteiger partial charge is 0.224 e. The first-order valence-electron chi connectivity index (χ1n) is 7.18. The maximum Gasteiger partial charge on any atom is 0.224 e. The van der Waals surface area contributed by atoms with E-state index >= 15 is 0 Å². The highest BCUT2D eigenvalue weighted by molar-refractivity contribution is 8.00. The van der Waals surface area contributed by atoms with Crippen molar-refractivity contribution in [1.82, 2.24) is 0 Å². The lowest BCUT2D eigenvalue weighted by Gasteiger charge is -2.22. The van der Waals surface area contributed by atoms with Gasteiger partial charge in [-0.2, -0.15) is 11.8 Å². The summed E-state index contributed by atoms with van der Waals surface area (Å²) in [6.45, 7) is 6.17. The number of hydrogen-bond donors (Lipinski definition) is 3. The third-order valence-electron chi connectivity index (χ3n) is 3.19. The second-order valence-corrected chi connectivity index (χ2v) is 7.57. The van der Waals surface area contributed by atoms with Gasteiger partial charge in [0, 0.05) is 16.9 Å². The van der Waals surface area contributed by atoms with Crippen molar-refractivity contribution < 1.29 is 15.0 Å². The number of carbonyl (C=O) groups excluding carboxylic acids is 1. The van der Waals surface area contributed by atoms with Crippen molar-refractivity contribution in [2.75, 3.05) is 11.1 Å². The normalized spacial score (nSPS) is 11.5. The van der Waals surface area contributed by atoms with Crippen molar-refractivity contribution >= 4 is 23.4 Å². The molecule has 4 nitrogen and oxygen atoms in total. The minimum Gasteiger partial charge on any atom is -0.392 e. The van der Waals surface area contributed by atoms with Gasteiger partial charge >= 0.3 is 0 Å². The van der Waals surface area contributed by atoms with Gasteiger partial charge in [-0.15, -0.1) is 0 Å². The summed E-state index contributed by atoms with van der Waals surface area (Å²) in [4.78, 5) is 12.0. The highest BCUT2D eigenvalue weighted by Crippen LogP contribution is 2.29. The van der Waals surface area contributed by atoms with Gasteiger partial charge < -0.3 is 15.5 Å². The lowest BCUT2D eigenvalue weighted by atomic mass is 10.1. The van der Waals surface area contributed by atoms with Crippen molar-refractivity contribution in [2.24, 2.45) is 0 Å². The van der Waals surface area contributed by atoms with Gasteiger partial charge in [0.15, 0.2) is 0 Å². The molecule has 5 heteroatoms. The summed E-state index contributed by atoms with van der Waals surface area (Å²) >= 11 is 1.85. The van der Waals surface area contributed by atoms with Crippen molar-refractivity contribution in [3.63, 3.8) is 0 Å². The molecule has 118 valence electrons. The summed E-state index contributed by atoms with van der Waals surface area (Å²) in [7, 11) is 0. The van der Waals surface area contributed by atoms with Crippen LogP contribution < -0.4 is 5.32 Å². The maximum absolute atomic E-state index is 12.0. The molecule has 0 aliphatic carbocycles. The number of carbonyl (C=O) groups is 1. The number of amides is 1. The number of aliphatic hydroxyl groups is 2. The van der Waals surface area contributed by atoms with Gasteiger partial charge in [0.1, 0.15) is 0 Å². The van der Waals surface area contributed by atoms with Crippen molar-refractivity contribution in [3.05, 3.63) is 29.3 Å². The molecule has 0 fully saturated rings. The minimum absolute atomic E-state index is 0.0428. The molecule has 0 unspecified atom stereocenters. The van der Waals surface area contributed by atoms with Gasteiger partial charge in [0.05, 0.1) is 13.2 Å². The van der Waals surface area contributed by atoms with Crippen LogP contribution in [-0.2, 0) is 18.0 Å². The molecular formula is C16H25NO3S. The van der Waals surface area contributed by atoms with Crippen LogP contribution >= 0.6 is 11.8 Å². The van der Waals surface area contributed by atoms with Crippen LogP contribution in [0.2, 0.25) is 0 Å². The molecule has 21 heavy (non-hydrogen) atoms. The molecule has 0 atom stereocenters. The third kappa shape index (κ3) is 6.50. The number of thioether (sulfide) groups is 1. The van der Waals surface area contributed by atoms with Crippen LogP contribution in [0.5, 0.6) is 0 Å². The highest BCUT2D eigenvalue weighted by atomic mass is 32.2. The summed E-state index contributed by atoms with van der Waals surface area (Å²) in [5.41, 5.74) is 1.98. The fraction of sp³-hybridized carbons (Fsp3) is 0.562. The van der Waals surface area contributed by atoms with E-state index in [1.54, 1.807) is 18.2 Å². The zero-order valence-electron chi connectivity index (χ0n) is 13.0. The molecule has 0 aliphatic rings. The molecule has 0 saturated heterocycles. The Labute approximate surface area is 131 Å². The second kappa shape index (κ2) is 8.41. The average molecular weight is 311 g/mol. The van der Waals surface area contributed by atoms with Gasteiger partial charge in [-0.05, 0) is 35.4 Å². The van der Waals surface area contributed by atoms with Gasteiger partial charge in [0.2, 0.25) is 5.91 Å². The topological polar surface area (TPSA) is 69.6 Å². The predicted octanol–water partition coefficient (Wildman–Crippen LogP) is 2.92. The van der Waals surface area contributed by atoms with E-state index in [-0.39, 0.29) is 23.9 Å². The van der Waals surface area contributed by atoms with E-state index < -0.39 is 0 Å². The summed E-state index contributed by atoms with van der Waals surface area (Å²) in [5.74, 6) is 0.992. The van der Waals surface area contributed by atoms with E-state index in [1.165, 1.54) is 0 Å². The fourth-order valence-electron chi connectivity index (χ4n) is 2.12. The molecule has 1 aromatic rings. The van der Waals surface area contributed by atoms with Crippen LogP contribution in [0.3, 0.4) is 0 Å². The standard InChI is InChI=1S/C16H25NO3S/c1-4-21-16(2,3)6-5-15(20)17-14-8-12(10-18)7-13(9-14)11-19/h7-9,18-19H,4-6,10-11H2,1-3H3,(H,17,20). The third-order valence-corrected chi connectivity index (χ3v) is 4.46. The predicted molar refractivity (Wildman–Crippen MR) is 88.4 cm³/mol. The number of aliphatic hydroxyl groups excluding tert-OH is 2. The Hall–Kier alpha value is -1.04. The molecular weight excluding hydrogens is 286 g/mol. The number of anilines is 1. The van der Waals surface area contributed by atoms with Gasteiger partial charge in [-0.1, -0.05) is 26.8 Å². The van der Waals surface area contributed by atoms with E-state index in [4.69, 9.17) is 0 Å². The van der Waals surface area contributed by atoms with E-state index in [9.17, 15) is 15.0 Å². The number of benzene rings is 1. The number of rotatable bonds is 8. The monoisotopic (exact) mass is 311 g/mol. The molecule has 0 aliphatic heterocycles. The van der Waals surface area contributed by atoms with Crippen molar-refractivity contribution in [3.8, 4) is 0 Å². The van der Waals surface area contributed by atoms with E-state index in [2.05, 4.69) is 26.1 Å². The van der Waals surface area contributed by atoms with Gasteiger partial charge in [0.25, 0.3) is 0 Å². The van der Waals surface area contributed by atoms with E-state index in [0.717, 1.165) is 12.2 Å². The van der Waals surface area contributed by atoms with Gasteiger partial charge in [-0.25, -0.2) is 0 Å². The summed E-state index contributed by atoms with van der Waals surface area (Å²) in [6, 6.07) is 5.17. The zero-order chi connectivity index (χ0) is 15.9. The van der Waals surface area contributed by atoms with E-state index in [1.807, 2.05) is 11.8 Å². The first-order valence-corrected chi connectivity index (χ1v) is 8.17. The van der Waals surface area contributed by atoms with Crippen LogP contribution in [0.15, 0.2) is 18.2 Å². The fourth-order valence-corrected chi connectivity index (χ4v) is 3.15. The molecule has 0 bridgehead atoms. The van der Waals surface area contributed by atoms with Gasteiger partial charge in [-0.3, -0.25) is 4.79 Å². The molecule has 0 saturated carbocycles. The molecule has 1 aromatic carbocycles. The van der Waals surface area contributed by atoms with Crippen LogP contribution in [0.25, 0.3) is 0 Å². The van der Waals surface area contributed by atoms with Crippen LogP contribution in [-0.4, -0.2) is 26.6 Å². The molecule has 1 amide bonds.